The first-order valence-corrected chi connectivity index (χ1v) is 13.7. The quantitative estimate of drug-likeness (QED) is 0.230. The number of pyridine rings is 2. The summed E-state index contributed by atoms with van der Waals surface area (Å²) >= 11 is 5.89. The van der Waals surface area contributed by atoms with E-state index in [1.54, 1.807) is 6.20 Å². The van der Waals surface area contributed by atoms with Crippen molar-refractivity contribution in [1.82, 2.24) is 19.9 Å². The maximum Gasteiger partial charge on any atom is 0.262 e. The molecule has 1 amide bonds. The van der Waals surface area contributed by atoms with Crippen molar-refractivity contribution in [2.24, 2.45) is 0 Å². The topological polar surface area (TPSA) is 84.3 Å². The number of benzene rings is 2. The minimum Gasteiger partial charge on any atom is -0.484 e. The molecule has 41 heavy (non-hydrogen) atoms. The molecule has 8 nitrogen and oxygen atoms in total. The van der Waals surface area contributed by atoms with Gasteiger partial charge in [-0.25, -0.2) is 0 Å². The molecule has 1 saturated heterocycles. The summed E-state index contributed by atoms with van der Waals surface area (Å²) in [5, 5.41) is 7.01. The van der Waals surface area contributed by atoms with Gasteiger partial charge < -0.3 is 24.8 Å². The number of nitrogens with one attached hydrogen (secondary N) is 2. The number of carbonyl (C=O) groups excluding carboxylic acids is 1. The smallest absolute Gasteiger partial charge is 0.262 e. The fourth-order valence-electron chi connectivity index (χ4n) is 5.01. The highest BCUT2D eigenvalue weighted by atomic mass is 32.1. The van der Waals surface area contributed by atoms with Crippen LogP contribution in [0.1, 0.15) is 29.2 Å². The second-order valence-electron chi connectivity index (χ2n) is 9.58. The lowest BCUT2D eigenvalue weighted by atomic mass is 10.0. The van der Waals surface area contributed by atoms with E-state index < -0.39 is 0 Å². The number of thiocarbonyl (C=S) groups is 1. The zero-order valence-electron chi connectivity index (χ0n) is 22.1. The molecule has 6 rings (SSSR count). The van der Waals surface area contributed by atoms with Crippen LogP contribution < -0.4 is 20.3 Å². The second-order valence-corrected chi connectivity index (χ2v) is 9.96. The van der Waals surface area contributed by atoms with Crippen molar-refractivity contribution in [3.63, 3.8) is 0 Å². The van der Waals surface area contributed by atoms with Crippen molar-refractivity contribution in [2.75, 3.05) is 16.8 Å². The van der Waals surface area contributed by atoms with Gasteiger partial charge in [-0.15, -0.1) is 0 Å². The van der Waals surface area contributed by atoms with Gasteiger partial charge in [0.1, 0.15) is 11.8 Å². The summed E-state index contributed by atoms with van der Waals surface area (Å²) in [6.45, 7) is 0.554. The molecule has 0 radical (unpaired) electrons. The number of nitrogens with zero attached hydrogens (tertiary/aromatic N) is 4. The van der Waals surface area contributed by atoms with Gasteiger partial charge in [-0.1, -0.05) is 30.3 Å². The second kappa shape index (κ2) is 12.0. The van der Waals surface area contributed by atoms with Crippen LogP contribution in [0.3, 0.4) is 0 Å². The number of amides is 1. The van der Waals surface area contributed by atoms with E-state index in [4.69, 9.17) is 17.0 Å². The van der Waals surface area contributed by atoms with Crippen LogP contribution in [0, 0.1) is 0 Å². The number of rotatable bonds is 9. The van der Waals surface area contributed by atoms with E-state index in [0.717, 1.165) is 22.8 Å². The van der Waals surface area contributed by atoms with Crippen LogP contribution in [0.15, 0.2) is 122 Å². The standard InChI is InChI=1S/C32H28N6O2S/c39-29(22-40-26-10-2-1-3-11-26)35-23-14-16-25(17-15-23)38-31(30(36-32(38)41)27-12-5-7-19-34-27)28-13-8-20-37(28)21-24-9-4-6-18-33-24/h1-20,30-31H,21-22H2,(H,35,39)(H,36,41). The van der Waals surface area contributed by atoms with Gasteiger partial charge in [0.25, 0.3) is 5.91 Å². The summed E-state index contributed by atoms with van der Waals surface area (Å²) in [6, 6.07) is 32.6. The molecular formula is C32H28N6O2S. The number of anilines is 2. The Bertz CT molecular complexity index is 1610. The van der Waals surface area contributed by atoms with Crippen LogP contribution in [0.2, 0.25) is 0 Å². The molecule has 2 unspecified atom stereocenters. The third kappa shape index (κ3) is 5.95. The molecule has 0 saturated carbocycles. The van der Waals surface area contributed by atoms with Crippen molar-refractivity contribution in [2.45, 2.75) is 18.6 Å². The minimum atomic E-state index is -0.236. The molecule has 1 aliphatic heterocycles. The molecule has 204 valence electrons. The highest BCUT2D eigenvalue weighted by molar-refractivity contribution is 7.80. The van der Waals surface area contributed by atoms with E-state index in [1.165, 1.54) is 0 Å². The summed E-state index contributed by atoms with van der Waals surface area (Å²) in [7, 11) is 0. The highest BCUT2D eigenvalue weighted by Gasteiger charge is 2.42. The van der Waals surface area contributed by atoms with Crippen LogP contribution in [-0.2, 0) is 11.3 Å². The Morgan fingerprint density at radius 1 is 0.878 bits per heavy atom. The molecule has 3 aromatic heterocycles. The number of carbonyl (C=O) groups is 1. The lowest BCUT2D eigenvalue weighted by molar-refractivity contribution is -0.118. The van der Waals surface area contributed by atoms with Crippen molar-refractivity contribution >= 4 is 34.6 Å². The summed E-state index contributed by atoms with van der Waals surface area (Å²) in [4.78, 5) is 23.8. The average molecular weight is 561 g/mol. The monoisotopic (exact) mass is 560 g/mol. The van der Waals surface area contributed by atoms with Gasteiger partial charge in [0.15, 0.2) is 11.7 Å². The zero-order chi connectivity index (χ0) is 28.0. The van der Waals surface area contributed by atoms with Crippen LogP contribution in [0.25, 0.3) is 0 Å². The van der Waals surface area contributed by atoms with Gasteiger partial charge in [0.05, 0.1) is 24.0 Å². The molecule has 1 aliphatic rings. The molecule has 9 heteroatoms. The molecule has 2 atom stereocenters. The fraction of sp³-hybridized carbons (Fsp3) is 0.125. The number of aromatic nitrogens is 3. The minimum absolute atomic E-state index is 0.0764. The van der Waals surface area contributed by atoms with E-state index >= 15 is 0 Å². The van der Waals surface area contributed by atoms with E-state index in [9.17, 15) is 4.79 Å². The van der Waals surface area contributed by atoms with Crippen LogP contribution in [-0.4, -0.2) is 32.2 Å². The highest BCUT2D eigenvalue weighted by Crippen LogP contribution is 2.42. The molecule has 2 N–H and O–H groups in total. The third-order valence-electron chi connectivity index (χ3n) is 6.87. The first kappa shape index (κ1) is 26.2. The largest absolute Gasteiger partial charge is 0.484 e. The number of ether oxygens (including phenoxy) is 1. The Labute approximate surface area is 243 Å². The summed E-state index contributed by atoms with van der Waals surface area (Å²) in [5.41, 5.74) is 4.51. The molecule has 1 fully saturated rings. The predicted octanol–water partition coefficient (Wildman–Crippen LogP) is 5.52. The van der Waals surface area contributed by atoms with Crippen molar-refractivity contribution in [1.29, 1.82) is 0 Å². The van der Waals surface area contributed by atoms with Crippen LogP contribution >= 0.6 is 12.2 Å². The van der Waals surface area contributed by atoms with Crippen molar-refractivity contribution in [3.8, 4) is 5.75 Å². The van der Waals surface area contributed by atoms with Crippen LogP contribution in [0.5, 0.6) is 5.75 Å². The van der Waals surface area contributed by atoms with Gasteiger partial charge >= 0.3 is 0 Å². The number of hydrogen-bond acceptors (Lipinski definition) is 5. The zero-order valence-corrected chi connectivity index (χ0v) is 22.9. The maximum atomic E-state index is 12.5. The molecule has 0 bridgehead atoms. The Morgan fingerprint density at radius 3 is 2.37 bits per heavy atom. The van der Waals surface area contributed by atoms with Gasteiger partial charge in [0, 0.05) is 35.7 Å². The number of para-hydroxylation sites is 1. The van der Waals surface area contributed by atoms with Gasteiger partial charge in [-0.2, -0.15) is 0 Å². The summed E-state index contributed by atoms with van der Waals surface area (Å²) in [6.07, 6.45) is 5.67. The Morgan fingerprint density at radius 2 is 1.63 bits per heavy atom. The van der Waals surface area contributed by atoms with E-state index in [1.807, 2.05) is 103 Å². The Hall–Kier alpha value is -5.02. The fourth-order valence-corrected chi connectivity index (χ4v) is 5.35. The molecule has 4 heterocycles. The molecule has 0 aliphatic carbocycles. The SMILES string of the molecule is O=C(COc1ccccc1)Nc1ccc(N2C(=S)NC(c3ccccn3)C2c2cccn2Cc2ccccn2)cc1. The Balaban J connectivity index is 1.25. The van der Waals surface area contributed by atoms with E-state index in [0.29, 0.717) is 23.1 Å². The first-order valence-electron chi connectivity index (χ1n) is 13.3. The maximum absolute atomic E-state index is 12.5. The lowest BCUT2D eigenvalue weighted by Gasteiger charge is -2.29. The lowest BCUT2D eigenvalue weighted by Crippen LogP contribution is -2.30. The predicted molar refractivity (Wildman–Crippen MR) is 163 cm³/mol. The normalized spacial score (nSPS) is 16.3. The molecular weight excluding hydrogens is 532 g/mol. The molecule has 2 aromatic carbocycles. The van der Waals surface area contributed by atoms with Crippen molar-refractivity contribution < 1.29 is 9.53 Å². The van der Waals surface area contributed by atoms with Crippen molar-refractivity contribution in [3.05, 3.63) is 139 Å². The van der Waals surface area contributed by atoms with Gasteiger partial charge in [-0.3, -0.25) is 14.8 Å². The molecule has 5 aromatic rings. The Kier molecular flexibility index (Phi) is 7.68. The summed E-state index contributed by atoms with van der Waals surface area (Å²) < 4.78 is 7.77. The summed E-state index contributed by atoms with van der Waals surface area (Å²) in [5.74, 6) is 0.412. The van der Waals surface area contributed by atoms with Gasteiger partial charge in [-0.05, 0) is 85.0 Å². The van der Waals surface area contributed by atoms with E-state index in [-0.39, 0.29) is 24.6 Å². The van der Waals surface area contributed by atoms with E-state index in [2.05, 4.69) is 42.3 Å². The van der Waals surface area contributed by atoms with Gasteiger partial charge in [0.2, 0.25) is 0 Å². The average Bonchev–Trinajstić information content (AvgIpc) is 3.61. The third-order valence-corrected chi connectivity index (χ3v) is 7.18. The number of hydrogen-bond donors (Lipinski definition) is 2. The van der Waals surface area contributed by atoms with Crippen LogP contribution in [0.4, 0.5) is 11.4 Å². The molecule has 0 spiro atoms. The first-order chi connectivity index (χ1) is 20.2.